The van der Waals surface area contributed by atoms with Gasteiger partial charge in [0.15, 0.2) is 0 Å². The Balaban J connectivity index is 0.00000109. The third-order valence-corrected chi connectivity index (χ3v) is 3.93. The third-order valence-electron chi connectivity index (χ3n) is 3.46. The van der Waals surface area contributed by atoms with Crippen LogP contribution in [0.3, 0.4) is 0 Å². The Morgan fingerprint density at radius 1 is 1.04 bits per heavy atom. The molecule has 2 heterocycles. The molecule has 0 aliphatic heterocycles. The SMILES string of the molecule is CC.Cc1ccc(/C=C/c2nnc(Cc3ccc(Br)nc3)o2)c(C)c1. The van der Waals surface area contributed by atoms with Gasteiger partial charge in [0.1, 0.15) is 4.60 Å². The maximum Gasteiger partial charge on any atom is 0.240 e. The molecule has 3 rings (SSSR count). The number of aromatic nitrogens is 3. The zero-order valence-electron chi connectivity index (χ0n) is 15.0. The van der Waals surface area contributed by atoms with Gasteiger partial charge in [0.05, 0.1) is 6.42 Å². The molecule has 1 aromatic carbocycles. The second-order valence-electron chi connectivity index (χ2n) is 5.39. The molecule has 0 unspecified atom stereocenters. The Kier molecular flexibility index (Phi) is 7.07. The lowest BCUT2D eigenvalue weighted by Crippen LogP contribution is -1.89. The van der Waals surface area contributed by atoms with E-state index in [0.29, 0.717) is 18.2 Å². The number of rotatable bonds is 4. The summed E-state index contributed by atoms with van der Waals surface area (Å²) in [5.41, 5.74) is 4.65. The lowest BCUT2D eigenvalue weighted by Gasteiger charge is -2.00. The average Bonchev–Trinajstić information content (AvgIpc) is 3.05. The molecule has 0 aliphatic rings. The van der Waals surface area contributed by atoms with Crippen molar-refractivity contribution < 1.29 is 4.42 Å². The second kappa shape index (κ2) is 9.28. The van der Waals surface area contributed by atoms with E-state index in [2.05, 4.69) is 63.2 Å². The Bertz CT molecular complexity index is 838. The van der Waals surface area contributed by atoms with Gasteiger partial charge in [0.2, 0.25) is 11.8 Å². The van der Waals surface area contributed by atoms with E-state index in [9.17, 15) is 0 Å². The Morgan fingerprint density at radius 3 is 2.52 bits per heavy atom. The molecule has 0 radical (unpaired) electrons. The first-order valence-corrected chi connectivity index (χ1v) is 9.07. The van der Waals surface area contributed by atoms with Crippen molar-refractivity contribution in [2.24, 2.45) is 0 Å². The highest BCUT2D eigenvalue weighted by atomic mass is 79.9. The van der Waals surface area contributed by atoms with Crippen LogP contribution in [0.5, 0.6) is 0 Å². The lowest BCUT2D eigenvalue weighted by atomic mass is 10.1. The first kappa shape index (κ1) is 19.1. The van der Waals surface area contributed by atoms with E-state index in [1.54, 1.807) is 6.20 Å². The number of aryl methyl sites for hydroxylation is 2. The van der Waals surface area contributed by atoms with E-state index in [0.717, 1.165) is 15.7 Å². The predicted octanol–water partition coefficient (Wildman–Crippen LogP) is 5.63. The summed E-state index contributed by atoms with van der Waals surface area (Å²) in [5.74, 6) is 1.08. The molecule has 0 bridgehead atoms. The number of benzene rings is 1. The molecule has 0 atom stereocenters. The number of hydrogen-bond acceptors (Lipinski definition) is 4. The molecular weight excluding hydrogens is 378 g/mol. The molecule has 4 nitrogen and oxygen atoms in total. The number of nitrogens with zero attached hydrogens (tertiary/aromatic N) is 3. The van der Waals surface area contributed by atoms with E-state index in [-0.39, 0.29) is 0 Å². The van der Waals surface area contributed by atoms with Gasteiger partial charge in [-0.15, -0.1) is 10.2 Å². The summed E-state index contributed by atoms with van der Waals surface area (Å²) in [6, 6.07) is 10.2. The highest BCUT2D eigenvalue weighted by Gasteiger charge is 2.05. The zero-order valence-corrected chi connectivity index (χ0v) is 16.5. The molecular formula is C20H22BrN3O. The van der Waals surface area contributed by atoms with Gasteiger partial charge in [-0.05, 0) is 58.6 Å². The topological polar surface area (TPSA) is 51.8 Å². The van der Waals surface area contributed by atoms with E-state index in [1.165, 1.54) is 11.1 Å². The van der Waals surface area contributed by atoms with Crippen molar-refractivity contribution in [1.29, 1.82) is 0 Å². The Morgan fingerprint density at radius 2 is 1.84 bits per heavy atom. The van der Waals surface area contributed by atoms with Crippen molar-refractivity contribution in [3.63, 3.8) is 0 Å². The van der Waals surface area contributed by atoms with E-state index >= 15 is 0 Å². The third kappa shape index (κ3) is 5.64. The Hall–Kier alpha value is -2.27. The molecule has 0 amide bonds. The molecule has 0 aliphatic carbocycles. The summed E-state index contributed by atoms with van der Waals surface area (Å²) < 4.78 is 6.46. The van der Waals surface area contributed by atoms with Gasteiger partial charge in [-0.2, -0.15) is 0 Å². The molecule has 0 N–H and O–H groups in total. The fourth-order valence-corrected chi connectivity index (χ4v) is 2.50. The monoisotopic (exact) mass is 399 g/mol. The van der Waals surface area contributed by atoms with Crippen LogP contribution < -0.4 is 0 Å². The normalized spacial score (nSPS) is 10.6. The van der Waals surface area contributed by atoms with Crippen molar-refractivity contribution in [3.8, 4) is 0 Å². The predicted molar refractivity (Wildman–Crippen MR) is 105 cm³/mol. The number of hydrogen-bond donors (Lipinski definition) is 0. The van der Waals surface area contributed by atoms with Crippen molar-refractivity contribution in [3.05, 3.63) is 75.2 Å². The first-order chi connectivity index (χ1) is 12.1. The summed E-state index contributed by atoms with van der Waals surface area (Å²) in [5, 5.41) is 8.13. The molecule has 0 saturated carbocycles. The van der Waals surface area contributed by atoms with Crippen LogP contribution in [-0.2, 0) is 6.42 Å². The van der Waals surface area contributed by atoms with E-state index in [4.69, 9.17) is 4.42 Å². The maximum absolute atomic E-state index is 5.65. The molecule has 2 aromatic heterocycles. The number of pyridine rings is 1. The van der Waals surface area contributed by atoms with E-state index in [1.807, 2.05) is 38.1 Å². The van der Waals surface area contributed by atoms with Gasteiger partial charge in [-0.25, -0.2) is 4.98 Å². The second-order valence-corrected chi connectivity index (χ2v) is 6.21. The van der Waals surface area contributed by atoms with Crippen LogP contribution in [0.1, 0.15) is 47.9 Å². The van der Waals surface area contributed by atoms with Crippen LogP contribution in [0.25, 0.3) is 12.2 Å². The van der Waals surface area contributed by atoms with Crippen LogP contribution in [0.15, 0.2) is 45.5 Å². The standard InChI is InChI=1S/C18H16BrN3O.C2H6/c1-12-3-5-15(13(2)9-12)6-8-17-21-22-18(23-17)10-14-4-7-16(19)20-11-14;1-2/h3-9,11H,10H2,1-2H3;1-2H3/b8-6+;. The van der Waals surface area contributed by atoms with Crippen LogP contribution in [0.2, 0.25) is 0 Å². The Labute approximate surface area is 157 Å². The fourth-order valence-electron chi connectivity index (χ4n) is 2.26. The molecule has 0 saturated heterocycles. The minimum absolute atomic E-state index is 0.505. The minimum atomic E-state index is 0.505. The zero-order chi connectivity index (χ0) is 18.2. The summed E-state index contributed by atoms with van der Waals surface area (Å²) in [7, 11) is 0. The van der Waals surface area contributed by atoms with Crippen molar-refractivity contribution in [2.75, 3.05) is 0 Å². The smallest absolute Gasteiger partial charge is 0.240 e. The highest BCUT2D eigenvalue weighted by molar-refractivity contribution is 9.10. The number of halogens is 1. The van der Waals surface area contributed by atoms with Gasteiger partial charge in [-0.3, -0.25) is 0 Å². The average molecular weight is 400 g/mol. The van der Waals surface area contributed by atoms with Crippen molar-refractivity contribution in [1.82, 2.24) is 15.2 Å². The molecule has 0 fully saturated rings. The van der Waals surface area contributed by atoms with Gasteiger partial charge >= 0.3 is 0 Å². The van der Waals surface area contributed by atoms with Crippen LogP contribution >= 0.6 is 15.9 Å². The molecule has 3 aromatic rings. The summed E-state index contributed by atoms with van der Waals surface area (Å²) in [4.78, 5) is 4.19. The maximum atomic E-state index is 5.65. The van der Waals surface area contributed by atoms with Gasteiger partial charge in [0.25, 0.3) is 0 Å². The van der Waals surface area contributed by atoms with Crippen molar-refractivity contribution in [2.45, 2.75) is 34.1 Å². The van der Waals surface area contributed by atoms with Crippen LogP contribution in [-0.4, -0.2) is 15.2 Å². The molecule has 130 valence electrons. The molecule has 25 heavy (non-hydrogen) atoms. The van der Waals surface area contributed by atoms with Gasteiger partial charge in [-0.1, -0.05) is 43.7 Å². The fraction of sp³-hybridized carbons (Fsp3) is 0.250. The summed E-state index contributed by atoms with van der Waals surface area (Å²) in [6.45, 7) is 8.17. The van der Waals surface area contributed by atoms with Gasteiger partial charge < -0.3 is 4.42 Å². The van der Waals surface area contributed by atoms with Gasteiger partial charge in [0, 0.05) is 12.3 Å². The highest BCUT2D eigenvalue weighted by Crippen LogP contribution is 2.15. The summed E-state index contributed by atoms with van der Waals surface area (Å²) >= 11 is 3.32. The van der Waals surface area contributed by atoms with Crippen LogP contribution in [0.4, 0.5) is 0 Å². The molecule has 0 spiro atoms. The quantitative estimate of drug-likeness (QED) is 0.533. The largest absolute Gasteiger partial charge is 0.421 e. The molecule has 5 heteroatoms. The van der Waals surface area contributed by atoms with E-state index < -0.39 is 0 Å². The van der Waals surface area contributed by atoms with Crippen molar-refractivity contribution >= 4 is 28.1 Å². The van der Waals surface area contributed by atoms with Crippen LogP contribution in [0, 0.1) is 13.8 Å². The minimum Gasteiger partial charge on any atom is -0.421 e. The summed E-state index contributed by atoms with van der Waals surface area (Å²) in [6.07, 6.45) is 6.20. The lowest BCUT2D eigenvalue weighted by molar-refractivity contribution is 0.496. The first-order valence-electron chi connectivity index (χ1n) is 8.28.